The first-order valence-electron chi connectivity index (χ1n) is 11.7. The van der Waals surface area contributed by atoms with Crippen LogP contribution >= 0.6 is 15.2 Å². The number of aromatic nitrogens is 4. The van der Waals surface area contributed by atoms with Gasteiger partial charge < -0.3 is 33.8 Å². The van der Waals surface area contributed by atoms with Crippen LogP contribution in [-0.4, -0.2) is 75.8 Å². The van der Waals surface area contributed by atoms with Gasteiger partial charge in [0.2, 0.25) is 0 Å². The van der Waals surface area contributed by atoms with E-state index < -0.39 is 62.5 Å². The van der Waals surface area contributed by atoms with E-state index in [2.05, 4.69) is 5.10 Å². The molecular formula is C22H30N4O11P2. The molecule has 1 aliphatic rings. The van der Waals surface area contributed by atoms with Crippen molar-refractivity contribution in [3.8, 4) is 0 Å². The smallest absolute Gasteiger partial charge is 0.348 e. The minimum atomic E-state index is -4.97. The SMILES string of the molecule is COP(=O)(OC[C@H]1O[C@@H](n2ccc(=O)n(Cc3nn(C)c4ccccc34)c2=O)[C@@H](O)C1O)C(C)(C)P(=O)(O)O. The van der Waals surface area contributed by atoms with Crippen LogP contribution in [0, 0.1) is 0 Å². The number of ether oxygens (including phenoxy) is 1. The fraction of sp³-hybridized carbons (Fsp3) is 0.500. The Morgan fingerprint density at radius 2 is 1.77 bits per heavy atom. The Labute approximate surface area is 221 Å². The Kier molecular flexibility index (Phi) is 7.96. The van der Waals surface area contributed by atoms with Crippen LogP contribution in [0.15, 0.2) is 46.1 Å². The largest absolute Gasteiger partial charge is 0.387 e. The Hall–Kier alpha value is -2.45. The molecule has 1 fully saturated rings. The lowest BCUT2D eigenvalue weighted by molar-refractivity contribution is -0.0536. The van der Waals surface area contributed by atoms with Gasteiger partial charge in [0.1, 0.15) is 18.3 Å². The van der Waals surface area contributed by atoms with Crippen LogP contribution in [-0.2, 0) is 36.5 Å². The Morgan fingerprint density at radius 1 is 1.10 bits per heavy atom. The van der Waals surface area contributed by atoms with E-state index in [0.29, 0.717) is 5.69 Å². The second kappa shape index (κ2) is 10.5. The van der Waals surface area contributed by atoms with E-state index >= 15 is 0 Å². The monoisotopic (exact) mass is 588 g/mol. The van der Waals surface area contributed by atoms with Gasteiger partial charge in [-0.15, -0.1) is 0 Å². The summed E-state index contributed by atoms with van der Waals surface area (Å²) in [6.07, 6.45) is -5.04. The molecule has 0 amide bonds. The molecule has 0 aliphatic carbocycles. The lowest BCUT2D eigenvalue weighted by Crippen LogP contribution is -2.43. The summed E-state index contributed by atoms with van der Waals surface area (Å²) in [7, 11) is -6.74. The third-order valence-electron chi connectivity index (χ3n) is 6.88. The molecule has 1 aliphatic heterocycles. The summed E-state index contributed by atoms with van der Waals surface area (Å²) in [5, 5.41) is 26.4. The van der Waals surface area contributed by atoms with Crippen LogP contribution in [0.4, 0.5) is 0 Å². The fourth-order valence-corrected chi connectivity index (χ4v) is 7.19. The highest BCUT2D eigenvalue weighted by Gasteiger charge is 2.56. The number of benzene rings is 1. The molecule has 1 aromatic carbocycles. The summed E-state index contributed by atoms with van der Waals surface area (Å²) >= 11 is 0. The minimum Gasteiger partial charge on any atom is -0.387 e. The van der Waals surface area contributed by atoms with E-state index in [9.17, 15) is 38.7 Å². The predicted octanol–water partition coefficient (Wildman–Crippen LogP) is 0.334. The number of fused-ring (bicyclic) bond motifs is 1. The zero-order chi connectivity index (χ0) is 28.9. The van der Waals surface area contributed by atoms with Crippen LogP contribution in [0.1, 0.15) is 25.8 Å². The second-order valence-electron chi connectivity index (χ2n) is 9.58. The number of aliphatic hydroxyl groups is 2. The summed E-state index contributed by atoms with van der Waals surface area (Å²) in [5.74, 6) is 0. The number of rotatable bonds is 9. The molecule has 15 nitrogen and oxygen atoms in total. The molecule has 0 spiro atoms. The van der Waals surface area contributed by atoms with E-state index in [-0.39, 0.29) is 6.54 Å². The fourth-order valence-electron chi connectivity index (χ4n) is 4.29. The van der Waals surface area contributed by atoms with E-state index in [1.54, 1.807) is 23.9 Å². The van der Waals surface area contributed by atoms with Gasteiger partial charge in [0.15, 0.2) is 11.1 Å². The third kappa shape index (κ3) is 5.10. The molecule has 4 N–H and O–H groups in total. The minimum absolute atomic E-state index is 0.174. The summed E-state index contributed by atoms with van der Waals surface area (Å²) in [4.78, 5) is 43.0. The number of aliphatic hydroxyl groups excluding tert-OH is 2. The van der Waals surface area contributed by atoms with Crippen molar-refractivity contribution in [2.45, 2.75) is 49.8 Å². The van der Waals surface area contributed by atoms with E-state index in [4.69, 9.17) is 13.8 Å². The van der Waals surface area contributed by atoms with Crippen molar-refractivity contribution in [2.24, 2.45) is 7.05 Å². The van der Waals surface area contributed by atoms with Gasteiger partial charge >= 0.3 is 20.9 Å². The molecule has 17 heteroatoms. The van der Waals surface area contributed by atoms with Crippen LogP contribution in [0.5, 0.6) is 0 Å². The van der Waals surface area contributed by atoms with Crippen LogP contribution in [0.2, 0.25) is 0 Å². The quantitative estimate of drug-likeness (QED) is 0.250. The lowest BCUT2D eigenvalue weighted by atomic mass is 10.1. The third-order valence-corrected chi connectivity index (χ3v) is 12.1. The van der Waals surface area contributed by atoms with Crippen molar-refractivity contribution < 1.29 is 42.9 Å². The van der Waals surface area contributed by atoms with Crippen molar-refractivity contribution >= 4 is 26.1 Å². The van der Waals surface area contributed by atoms with Crippen LogP contribution in [0.25, 0.3) is 10.9 Å². The molecular weight excluding hydrogens is 558 g/mol. The van der Waals surface area contributed by atoms with Crippen molar-refractivity contribution in [3.05, 3.63) is 63.1 Å². The molecule has 5 atom stereocenters. The number of nitrogens with zero attached hydrogens (tertiary/aromatic N) is 4. The van der Waals surface area contributed by atoms with E-state index in [0.717, 1.165) is 53.3 Å². The molecule has 3 heterocycles. The molecule has 214 valence electrons. The molecule has 0 bridgehead atoms. The summed E-state index contributed by atoms with van der Waals surface area (Å²) in [6.45, 7) is 1.15. The zero-order valence-corrected chi connectivity index (χ0v) is 23.3. The number of hydrogen-bond donors (Lipinski definition) is 4. The first-order chi connectivity index (χ1) is 18.1. The maximum Gasteiger partial charge on any atom is 0.348 e. The van der Waals surface area contributed by atoms with Gasteiger partial charge in [-0.2, -0.15) is 5.10 Å². The first kappa shape index (κ1) is 29.5. The average molecular weight is 588 g/mol. The topological polar surface area (TPSA) is 205 Å². The maximum absolute atomic E-state index is 13.3. The number of aryl methyl sites for hydroxylation is 1. The van der Waals surface area contributed by atoms with E-state index in [1.165, 1.54) is 0 Å². The summed E-state index contributed by atoms with van der Waals surface area (Å²) in [5.41, 5.74) is -0.209. The Bertz CT molecular complexity index is 1590. The maximum atomic E-state index is 13.3. The molecule has 39 heavy (non-hydrogen) atoms. The standard InChI is InChI=1S/C22H30N4O11P2/c1-22(2,38(31,32)33)39(34,35-4)36-12-16-18(28)19(29)20(37-16)25-10-9-17(27)26(21(25)30)11-14-13-7-5-6-8-15(13)24(3)23-14/h5-10,16,18-20,28-29H,11-12H2,1-4H3,(H2,31,32,33)/t16-,18?,19+,20-,39?/m1/s1. The van der Waals surface area contributed by atoms with Crippen molar-refractivity contribution in [3.63, 3.8) is 0 Å². The average Bonchev–Trinajstić information content (AvgIpc) is 3.35. The molecule has 1 saturated heterocycles. The number of hydrogen-bond acceptors (Lipinski definition) is 10. The van der Waals surface area contributed by atoms with Crippen molar-refractivity contribution in [2.75, 3.05) is 13.7 Å². The molecule has 0 radical (unpaired) electrons. The summed E-state index contributed by atoms with van der Waals surface area (Å²) < 4.78 is 44.2. The van der Waals surface area contributed by atoms with E-state index in [1.807, 2.05) is 12.1 Å². The molecule has 2 unspecified atom stereocenters. The highest BCUT2D eigenvalue weighted by molar-refractivity contribution is 7.73. The predicted molar refractivity (Wildman–Crippen MR) is 137 cm³/mol. The van der Waals surface area contributed by atoms with Crippen LogP contribution < -0.4 is 11.2 Å². The second-order valence-corrected chi connectivity index (χ2v) is 14.9. The lowest BCUT2D eigenvalue weighted by Gasteiger charge is -2.33. The van der Waals surface area contributed by atoms with Crippen LogP contribution in [0.3, 0.4) is 0 Å². The highest BCUT2D eigenvalue weighted by atomic mass is 31.2. The van der Waals surface area contributed by atoms with Gasteiger partial charge in [-0.3, -0.25) is 27.7 Å². The van der Waals surface area contributed by atoms with Gasteiger partial charge in [0.05, 0.1) is 24.4 Å². The molecule has 2 aromatic heterocycles. The van der Waals surface area contributed by atoms with Gasteiger partial charge in [0, 0.05) is 31.8 Å². The summed E-state index contributed by atoms with van der Waals surface area (Å²) in [6, 6.07) is 8.38. The Balaban J connectivity index is 1.60. The molecule has 4 rings (SSSR count). The first-order valence-corrected chi connectivity index (χ1v) is 14.9. The Morgan fingerprint density at radius 3 is 2.41 bits per heavy atom. The van der Waals surface area contributed by atoms with Gasteiger partial charge in [-0.1, -0.05) is 18.2 Å². The van der Waals surface area contributed by atoms with Gasteiger partial charge in [0.25, 0.3) is 5.56 Å². The van der Waals surface area contributed by atoms with Crippen molar-refractivity contribution in [1.29, 1.82) is 0 Å². The van der Waals surface area contributed by atoms with Gasteiger partial charge in [-0.25, -0.2) is 4.79 Å². The molecule has 0 saturated carbocycles. The normalized spacial score (nSPS) is 23.8. The van der Waals surface area contributed by atoms with Crippen molar-refractivity contribution in [1.82, 2.24) is 18.9 Å². The van der Waals surface area contributed by atoms with Gasteiger partial charge in [-0.05, 0) is 19.9 Å². The number of para-hydroxylation sites is 1. The molecule has 3 aromatic rings. The highest BCUT2D eigenvalue weighted by Crippen LogP contribution is 2.73. The zero-order valence-electron chi connectivity index (χ0n) is 21.5.